The molecule has 21 heavy (non-hydrogen) atoms. The van der Waals surface area contributed by atoms with Gasteiger partial charge < -0.3 is 24.8 Å². The van der Waals surface area contributed by atoms with Crippen LogP contribution in [-0.2, 0) is 0 Å². The molecule has 2 N–H and O–H groups in total. The van der Waals surface area contributed by atoms with Gasteiger partial charge >= 0.3 is 6.09 Å². The van der Waals surface area contributed by atoms with Crippen LogP contribution in [0.2, 0.25) is 5.02 Å². The molecule has 6 nitrogen and oxygen atoms in total. The maximum atomic E-state index is 10.9. The van der Waals surface area contributed by atoms with Gasteiger partial charge in [-0.05, 0) is 18.6 Å². The molecule has 0 aliphatic carbocycles. The Balaban J connectivity index is 1.82. The van der Waals surface area contributed by atoms with Crippen LogP contribution in [0.3, 0.4) is 0 Å². The minimum absolute atomic E-state index is 0.0965. The Labute approximate surface area is 128 Å². The maximum absolute atomic E-state index is 10.9. The smallest absolute Gasteiger partial charge is 0.407 e. The third-order valence-electron chi connectivity index (χ3n) is 3.39. The molecule has 0 bridgehead atoms. The lowest BCUT2D eigenvalue weighted by molar-refractivity contribution is 0.124. The molecule has 2 rings (SSSR count). The highest BCUT2D eigenvalue weighted by molar-refractivity contribution is 6.32. The van der Waals surface area contributed by atoms with Crippen LogP contribution in [0.25, 0.3) is 0 Å². The zero-order valence-electron chi connectivity index (χ0n) is 11.8. The molecule has 0 unspecified atom stereocenters. The number of nitrogens with zero attached hydrogens (tertiary/aromatic N) is 1. The van der Waals surface area contributed by atoms with Gasteiger partial charge in [-0.25, -0.2) is 4.79 Å². The summed E-state index contributed by atoms with van der Waals surface area (Å²) in [5.74, 6) is 1.25. The second kappa shape index (κ2) is 7.38. The predicted molar refractivity (Wildman–Crippen MR) is 79.5 cm³/mol. The van der Waals surface area contributed by atoms with Crippen molar-refractivity contribution < 1.29 is 19.4 Å². The molecular formula is C14H19ClN2O4. The number of methoxy groups -OCH3 is 1. The van der Waals surface area contributed by atoms with E-state index in [4.69, 9.17) is 26.2 Å². The molecule has 1 aromatic carbocycles. The SMILES string of the molecule is COc1ccc(Cl)c(OCC[C@@H]2CN(C(=O)O)CCN2)c1. The van der Waals surface area contributed by atoms with Crippen LogP contribution in [0.4, 0.5) is 4.79 Å². The summed E-state index contributed by atoms with van der Waals surface area (Å²) in [6, 6.07) is 5.32. The number of rotatable bonds is 5. The van der Waals surface area contributed by atoms with E-state index in [-0.39, 0.29) is 6.04 Å². The van der Waals surface area contributed by atoms with Crippen molar-refractivity contribution in [3.05, 3.63) is 23.2 Å². The lowest BCUT2D eigenvalue weighted by Crippen LogP contribution is -2.52. The van der Waals surface area contributed by atoms with Crippen molar-refractivity contribution in [3.8, 4) is 11.5 Å². The van der Waals surface area contributed by atoms with Crippen LogP contribution in [-0.4, -0.2) is 55.5 Å². The van der Waals surface area contributed by atoms with Crippen molar-refractivity contribution >= 4 is 17.7 Å². The van der Waals surface area contributed by atoms with Gasteiger partial charge in [-0.15, -0.1) is 0 Å². The zero-order valence-corrected chi connectivity index (χ0v) is 12.6. The van der Waals surface area contributed by atoms with Crippen molar-refractivity contribution in [2.45, 2.75) is 12.5 Å². The number of amides is 1. The molecule has 0 spiro atoms. The van der Waals surface area contributed by atoms with Crippen molar-refractivity contribution in [3.63, 3.8) is 0 Å². The highest BCUT2D eigenvalue weighted by Crippen LogP contribution is 2.29. The van der Waals surface area contributed by atoms with Crippen molar-refractivity contribution in [1.82, 2.24) is 10.2 Å². The summed E-state index contributed by atoms with van der Waals surface area (Å²) in [6.07, 6.45) is -0.171. The summed E-state index contributed by atoms with van der Waals surface area (Å²) < 4.78 is 10.8. The molecule has 0 radical (unpaired) electrons. The molecular weight excluding hydrogens is 296 g/mol. The summed E-state index contributed by atoms with van der Waals surface area (Å²) in [7, 11) is 1.58. The molecule has 116 valence electrons. The Hall–Kier alpha value is -1.66. The molecule has 1 atom stereocenters. The van der Waals surface area contributed by atoms with Crippen LogP contribution in [0.15, 0.2) is 18.2 Å². The van der Waals surface area contributed by atoms with Gasteiger partial charge in [-0.3, -0.25) is 0 Å². The van der Waals surface area contributed by atoms with Gasteiger partial charge in [0.25, 0.3) is 0 Å². The molecule has 7 heteroatoms. The molecule has 0 aromatic heterocycles. The fraction of sp³-hybridized carbons (Fsp3) is 0.500. The Morgan fingerprint density at radius 3 is 3.10 bits per heavy atom. The quantitative estimate of drug-likeness (QED) is 0.870. The van der Waals surface area contributed by atoms with Crippen LogP contribution in [0, 0.1) is 0 Å². The van der Waals surface area contributed by atoms with Gasteiger partial charge in [0.2, 0.25) is 0 Å². The van der Waals surface area contributed by atoms with Crippen LogP contribution in [0.1, 0.15) is 6.42 Å². The molecule has 0 saturated carbocycles. The molecule has 1 heterocycles. The van der Waals surface area contributed by atoms with Gasteiger partial charge in [-0.2, -0.15) is 0 Å². The van der Waals surface area contributed by atoms with Gasteiger partial charge in [0, 0.05) is 31.7 Å². The lowest BCUT2D eigenvalue weighted by Gasteiger charge is -2.31. The van der Waals surface area contributed by atoms with E-state index in [0.29, 0.717) is 49.2 Å². The van der Waals surface area contributed by atoms with Gasteiger partial charge in [0.15, 0.2) is 0 Å². The van der Waals surface area contributed by atoms with E-state index in [9.17, 15) is 4.79 Å². The fourth-order valence-corrected chi connectivity index (χ4v) is 2.40. The third kappa shape index (κ3) is 4.41. The van der Waals surface area contributed by atoms with E-state index in [0.717, 1.165) is 0 Å². The Bertz CT molecular complexity index is 498. The number of benzene rings is 1. The van der Waals surface area contributed by atoms with E-state index in [1.54, 1.807) is 25.3 Å². The Morgan fingerprint density at radius 1 is 1.57 bits per heavy atom. The second-order valence-electron chi connectivity index (χ2n) is 4.81. The number of hydrogen-bond donors (Lipinski definition) is 2. The molecule has 1 aliphatic heterocycles. The first-order valence-corrected chi connectivity index (χ1v) is 7.15. The van der Waals surface area contributed by atoms with Crippen molar-refractivity contribution in [2.75, 3.05) is 33.4 Å². The molecule has 1 aromatic rings. The number of halogens is 1. The summed E-state index contributed by atoms with van der Waals surface area (Å²) in [5.41, 5.74) is 0. The third-order valence-corrected chi connectivity index (χ3v) is 3.70. The fourth-order valence-electron chi connectivity index (χ4n) is 2.22. The number of carboxylic acid groups (broad SMARTS) is 1. The first kappa shape index (κ1) is 15.7. The van der Waals surface area contributed by atoms with E-state index in [2.05, 4.69) is 5.32 Å². The summed E-state index contributed by atoms with van der Waals surface area (Å²) in [4.78, 5) is 12.4. The predicted octanol–water partition coefficient (Wildman–Crippen LogP) is 2.07. The minimum Gasteiger partial charge on any atom is -0.497 e. The van der Waals surface area contributed by atoms with E-state index >= 15 is 0 Å². The largest absolute Gasteiger partial charge is 0.497 e. The summed E-state index contributed by atoms with van der Waals surface area (Å²) >= 11 is 6.06. The summed E-state index contributed by atoms with van der Waals surface area (Å²) in [6.45, 7) is 2.12. The van der Waals surface area contributed by atoms with E-state index < -0.39 is 6.09 Å². The number of hydrogen-bond acceptors (Lipinski definition) is 4. The van der Waals surface area contributed by atoms with Crippen LogP contribution < -0.4 is 14.8 Å². The minimum atomic E-state index is -0.877. The van der Waals surface area contributed by atoms with Crippen LogP contribution in [0.5, 0.6) is 11.5 Å². The van der Waals surface area contributed by atoms with Gasteiger partial charge in [0.05, 0.1) is 18.7 Å². The molecule has 1 saturated heterocycles. The monoisotopic (exact) mass is 314 g/mol. The Morgan fingerprint density at radius 2 is 2.38 bits per heavy atom. The first-order valence-electron chi connectivity index (χ1n) is 6.77. The number of ether oxygens (including phenoxy) is 2. The van der Waals surface area contributed by atoms with E-state index in [1.807, 2.05) is 0 Å². The average molecular weight is 315 g/mol. The van der Waals surface area contributed by atoms with Crippen molar-refractivity contribution in [2.24, 2.45) is 0 Å². The highest BCUT2D eigenvalue weighted by Gasteiger charge is 2.22. The zero-order chi connectivity index (χ0) is 15.2. The summed E-state index contributed by atoms with van der Waals surface area (Å²) in [5, 5.41) is 12.8. The van der Waals surface area contributed by atoms with Gasteiger partial charge in [-0.1, -0.05) is 11.6 Å². The molecule has 1 amide bonds. The number of carbonyl (C=O) groups is 1. The standard InChI is InChI=1S/C14H19ClN2O4/c1-20-11-2-3-12(15)13(8-11)21-7-4-10-9-17(14(18)19)6-5-16-10/h2-3,8,10,16H,4-7,9H2,1H3,(H,18,19)/t10-/m1/s1. The topological polar surface area (TPSA) is 71.0 Å². The average Bonchev–Trinajstić information content (AvgIpc) is 2.49. The normalized spacial score (nSPS) is 18.4. The number of nitrogens with one attached hydrogen (secondary N) is 1. The highest BCUT2D eigenvalue weighted by atomic mass is 35.5. The number of piperazine rings is 1. The Kier molecular flexibility index (Phi) is 5.52. The maximum Gasteiger partial charge on any atom is 0.407 e. The molecule has 1 aliphatic rings. The molecule has 1 fully saturated rings. The first-order chi connectivity index (χ1) is 10.1. The lowest BCUT2D eigenvalue weighted by atomic mass is 10.1. The van der Waals surface area contributed by atoms with E-state index in [1.165, 1.54) is 4.90 Å². The van der Waals surface area contributed by atoms with Crippen LogP contribution >= 0.6 is 11.6 Å². The second-order valence-corrected chi connectivity index (χ2v) is 5.22. The van der Waals surface area contributed by atoms with Crippen molar-refractivity contribution in [1.29, 1.82) is 0 Å². The van der Waals surface area contributed by atoms with Gasteiger partial charge in [0.1, 0.15) is 11.5 Å².